The molecular weight excluding hydrogens is 549 g/mol. The Bertz CT molecular complexity index is 2360. The van der Waals surface area contributed by atoms with Crippen LogP contribution in [0.3, 0.4) is 0 Å². The van der Waals surface area contributed by atoms with Gasteiger partial charge in [-0.05, 0) is 60.2 Å². The summed E-state index contributed by atoms with van der Waals surface area (Å²) in [6.45, 7) is 0. The van der Waals surface area contributed by atoms with Gasteiger partial charge >= 0.3 is 0 Å². The first-order valence-electron chi connectivity index (χ1n) is 14.0. The Hall–Kier alpha value is -4.22. The highest BCUT2D eigenvalue weighted by Gasteiger charge is 2.23. The lowest BCUT2D eigenvalue weighted by molar-refractivity contribution is 1.50. The summed E-state index contributed by atoms with van der Waals surface area (Å²) in [4.78, 5) is 10.8. The van der Waals surface area contributed by atoms with Crippen LogP contribution in [0, 0.1) is 22.3 Å². The quantitative estimate of drug-likeness (QED) is 0.102. The number of aromatic nitrogens is 2. The summed E-state index contributed by atoms with van der Waals surface area (Å²) in [6, 6.07) is 26.0. The van der Waals surface area contributed by atoms with E-state index in [0.717, 1.165) is 76.3 Å². The second-order valence-electron chi connectivity index (χ2n) is 12.7. The fourth-order valence-electron chi connectivity index (χ4n) is 6.31. The van der Waals surface area contributed by atoms with E-state index >= 15 is 0 Å². The molecule has 0 amide bonds. The van der Waals surface area contributed by atoms with E-state index in [-0.39, 0.29) is 0 Å². The zero-order valence-corrected chi connectivity index (χ0v) is 26.3. The van der Waals surface area contributed by atoms with Gasteiger partial charge in [0.05, 0.1) is 22.1 Å². The smallest absolute Gasteiger partial charge is 0.0801 e. The molecule has 6 aromatic carbocycles. The Morgan fingerprint density at radius 1 is 0.429 bits per heavy atom. The molecule has 0 radical (unpaired) electrons. The van der Waals surface area contributed by atoms with Crippen LogP contribution in [0.15, 0.2) is 72.8 Å². The van der Waals surface area contributed by atoms with E-state index in [2.05, 4.69) is 133 Å². The highest BCUT2D eigenvalue weighted by Crippen LogP contribution is 2.47. The highest BCUT2D eigenvalue weighted by molar-refractivity contribution is 8.36. The molecule has 4 heteroatoms. The van der Waals surface area contributed by atoms with Crippen LogP contribution >= 0.6 is 20.1 Å². The lowest BCUT2D eigenvalue weighted by atomic mass is 9.87. The number of nitrogens with zero attached hydrogens (tertiary/aromatic N) is 2. The predicted octanol–water partition coefficient (Wildman–Crippen LogP) is 9.43. The van der Waals surface area contributed by atoms with Crippen molar-refractivity contribution in [2.45, 2.75) is 0 Å². The summed E-state index contributed by atoms with van der Waals surface area (Å²) in [5.74, 6) is 7.26. The monoisotopic (exact) mass is 578 g/mol. The van der Waals surface area contributed by atoms with Gasteiger partial charge in [0.15, 0.2) is 0 Å². The summed E-state index contributed by atoms with van der Waals surface area (Å²) < 4.78 is 0. The normalized spacial score (nSPS) is 13.4. The van der Waals surface area contributed by atoms with Crippen molar-refractivity contribution in [2.24, 2.45) is 0 Å². The number of fused-ring (bicyclic) bond motifs is 4. The summed E-state index contributed by atoms with van der Waals surface area (Å²) >= 11 is 0. The molecule has 0 aliphatic heterocycles. The minimum atomic E-state index is -1.00. The molecule has 0 spiro atoms. The average molecular weight is 579 g/mol. The fraction of sp³-hybridized carbons (Fsp3) is 0.158. The maximum Gasteiger partial charge on any atom is 0.0801 e. The number of hydrogen-bond donors (Lipinski definition) is 0. The largest absolute Gasteiger partial charge is 0.247 e. The lowest BCUT2D eigenvalue weighted by Crippen LogP contribution is -1.98. The molecule has 42 heavy (non-hydrogen) atoms. The maximum absolute atomic E-state index is 5.40. The standard InChI is InChI=1S/C38H30N2S2/c1-41(2,3)21-19-25-23-11-7-9-13-29(23)37-33-27(25)15-17-31-35(33)36-32(39-37)18-16-28-26(20-22-42(4,5)6)24-12-8-10-14-30(24)38(40-31)34(28)36/h7-18H,1-6H3. The highest BCUT2D eigenvalue weighted by atomic mass is 32.3. The molecule has 2 heterocycles. The van der Waals surface area contributed by atoms with Crippen LogP contribution in [0.5, 0.6) is 0 Å². The Morgan fingerprint density at radius 3 is 1.19 bits per heavy atom. The molecule has 0 saturated carbocycles. The Morgan fingerprint density at radius 2 is 0.810 bits per heavy atom. The van der Waals surface area contributed by atoms with Crippen molar-refractivity contribution in [2.75, 3.05) is 37.5 Å². The van der Waals surface area contributed by atoms with Crippen molar-refractivity contribution in [1.82, 2.24) is 9.97 Å². The molecule has 0 unspecified atom stereocenters. The van der Waals surface area contributed by atoms with Crippen molar-refractivity contribution in [3.05, 3.63) is 83.9 Å². The van der Waals surface area contributed by atoms with Crippen LogP contribution in [0.2, 0.25) is 0 Å². The first-order valence-corrected chi connectivity index (χ1v) is 19.7. The van der Waals surface area contributed by atoms with Gasteiger partial charge < -0.3 is 0 Å². The third kappa shape index (κ3) is 3.73. The molecule has 204 valence electrons. The van der Waals surface area contributed by atoms with E-state index < -0.39 is 20.1 Å². The summed E-state index contributed by atoms with van der Waals surface area (Å²) in [6.07, 6.45) is 13.5. The fourth-order valence-corrected chi connectivity index (χ4v) is 7.13. The van der Waals surface area contributed by atoms with Crippen LogP contribution in [0.25, 0.3) is 75.9 Å². The lowest BCUT2D eigenvalue weighted by Gasteiger charge is -2.20. The second-order valence-corrected chi connectivity index (χ2v) is 20.4. The van der Waals surface area contributed by atoms with E-state index in [0.29, 0.717) is 0 Å². The first kappa shape index (κ1) is 25.5. The van der Waals surface area contributed by atoms with E-state index in [1.54, 1.807) is 0 Å². The van der Waals surface area contributed by atoms with Crippen LogP contribution in [0.4, 0.5) is 0 Å². The molecule has 0 bridgehead atoms. The third-order valence-electron chi connectivity index (χ3n) is 7.96. The molecule has 0 saturated heterocycles. The number of rotatable bonds is 0. The Balaban J connectivity index is 1.65. The molecule has 0 aliphatic rings. The average Bonchev–Trinajstić information content (AvgIpc) is 2.96. The number of benzene rings is 6. The molecule has 0 fully saturated rings. The van der Waals surface area contributed by atoms with Gasteiger partial charge in [-0.3, -0.25) is 0 Å². The Kier molecular flexibility index (Phi) is 5.25. The van der Waals surface area contributed by atoms with E-state index in [1.165, 1.54) is 10.8 Å². The molecule has 2 nitrogen and oxygen atoms in total. The van der Waals surface area contributed by atoms with E-state index in [1.807, 2.05) is 0 Å². The van der Waals surface area contributed by atoms with Crippen LogP contribution < -0.4 is 0 Å². The van der Waals surface area contributed by atoms with E-state index in [9.17, 15) is 0 Å². The van der Waals surface area contributed by atoms with E-state index in [4.69, 9.17) is 9.97 Å². The molecule has 2 aromatic heterocycles. The van der Waals surface area contributed by atoms with Gasteiger partial charge in [0.1, 0.15) is 0 Å². The van der Waals surface area contributed by atoms with Crippen molar-refractivity contribution < 1.29 is 0 Å². The topological polar surface area (TPSA) is 25.8 Å². The van der Waals surface area contributed by atoms with Gasteiger partial charge in [-0.1, -0.05) is 72.5 Å². The molecule has 0 aliphatic carbocycles. The van der Waals surface area contributed by atoms with Gasteiger partial charge in [-0.2, -0.15) is 20.1 Å². The third-order valence-corrected chi connectivity index (χ3v) is 9.39. The second kappa shape index (κ2) is 8.65. The number of pyridine rings is 2. The maximum atomic E-state index is 5.40. The zero-order chi connectivity index (χ0) is 29.0. The summed E-state index contributed by atoms with van der Waals surface area (Å²) in [7, 11) is -2.01. The summed E-state index contributed by atoms with van der Waals surface area (Å²) in [5.41, 5.74) is 6.22. The van der Waals surface area contributed by atoms with Crippen LogP contribution in [0.1, 0.15) is 11.1 Å². The summed E-state index contributed by atoms with van der Waals surface area (Å²) in [5, 5.41) is 18.8. The Labute approximate surface area is 248 Å². The van der Waals surface area contributed by atoms with Crippen molar-refractivity contribution in [3.8, 4) is 22.3 Å². The molecule has 8 rings (SSSR count). The van der Waals surface area contributed by atoms with Crippen molar-refractivity contribution in [3.63, 3.8) is 0 Å². The SMILES string of the molecule is CS(C)(C)C#Cc1c2ccccc2c2nc3ccc4c(C#CS(C)(C)C)c5ccccc5c5nc6ccc1c2c6c3c45. The first-order chi connectivity index (χ1) is 20.1. The number of hydrogen-bond acceptors (Lipinski definition) is 2. The van der Waals surface area contributed by atoms with Crippen LogP contribution in [-0.4, -0.2) is 47.5 Å². The van der Waals surface area contributed by atoms with Crippen molar-refractivity contribution in [1.29, 1.82) is 0 Å². The van der Waals surface area contributed by atoms with Gasteiger partial charge in [0, 0.05) is 65.0 Å². The van der Waals surface area contributed by atoms with Gasteiger partial charge in [0.25, 0.3) is 0 Å². The zero-order valence-electron chi connectivity index (χ0n) is 24.6. The van der Waals surface area contributed by atoms with Crippen molar-refractivity contribution >= 4 is 96.0 Å². The minimum absolute atomic E-state index is 0.999. The van der Waals surface area contributed by atoms with Crippen LogP contribution in [-0.2, 0) is 0 Å². The van der Waals surface area contributed by atoms with Gasteiger partial charge in [0.2, 0.25) is 0 Å². The predicted molar refractivity (Wildman–Crippen MR) is 191 cm³/mol. The molecule has 0 N–H and O–H groups in total. The van der Waals surface area contributed by atoms with Gasteiger partial charge in [-0.15, -0.1) is 0 Å². The molecular formula is C38H30N2S2. The molecule has 8 aromatic rings. The molecule has 0 atom stereocenters. The van der Waals surface area contributed by atoms with Gasteiger partial charge in [-0.25, -0.2) is 9.97 Å². The minimum Gasteiger partial charge on any atom is -0.247 e.